The van der Waals surface area contributed by atoms with Crippen LogP contribution in [0.5, 0.6) is 0 Å². The Hall–Kier alpha value is -2.90. The number of aliphatic hydroxyl groups excluding tert-OH is 5. The minimum atomic E-state index is -1.58. The number of hydrogen-bond donors (Lipinski definition) is 6. The number of carbonyl (C=O) groups is 2. The number of allylic oxidation sites excluding steroid dienone is 11. The molecule has 1 saturated heterocycles. The molecular weight excluding hydrogens is 1010 g/mol. The highest BCUT2D eigenvalue weighted by atomic mass is 16.7. The van der Waals surface area contributed by atoms with Gasteiger partial charge in [0.2, 0.25) is 5.91 Å². The summed E-state index contributed by atoms with van der Waals surface area (Å²) in [7, 11) is 0. The van der Waals surface area contributed by atoms with Crippen molar-refractivity contribution in [2.24, 2.45) is 0 Å². The molecule has 1 fully saturated rings. The molecule has 1 aliphatic heterocycles. The Morgan fingerprint density at radius 3 is 1.37 bits per heavy atom. The van der Waals surface area contributed by atoms with Crippen molar-refractivity contribution in [1.82, 2.24) is 5.32 Å². The third-order valence-electron chi connectivity index (χ3n) is 15.6. The van der Waals surface area contributed by atoms with Gasteiger partial charge in [-0.1, -0.05) is 247 Å². The molecule has 7 unspecified atom stereocenters. The standard InChI is InChI=1S/C70H125NO10/c1-3-5-7-9-11-13-14-34-38-42-46-50-54-58-66(75)79-59-55-51-47-43-39-36-33-31-29-27-25-23-21-19-17-15-16-18-20-22-24-26-28-30-32-35-37-41-45-49-53-57-65(74)71-62(63(73)56-52-48-44-40-12-10-8-6-4-2)61-80-70-69(78)68(77)67(76)64(60-72)81-70/h4,6,12-14,17,19,23,25,40,52,56,62-64,67-70,72-73,76-78H,3,5,7-11,15-16,18,20-22,24,26-39,41-51,53-55,57-61H2,1-2H3,(H,71,74)/b6-4+,14-13-,19-17-,25-23-,40-12+,56-52+. The van der Waals surface area contributed by atoms with Gasteiger partial charge in [-0.15, -0.1) is 0 Å². The summed E-state index contributed by atoms with van der Waals surface area (Å²) in [6, 6.07) is -0.834. The number of carbonyl (C=O) groups excluding carboxylic acids is 2. The van der Waals surface area contributed by atoms with Gasteiger partial charge in [0.1, 0.15) is 24.4 Å². The first-order valence-corrected chi connectivity index (χ1v) is 33.7. The van der Waals surface area contributed by atoms with Crippen LogP contribution in [-0.2, 0) is 23.8 Å². The SMILES string of the molecule is C/C=C/CC/C=C/CC/C=C/C(O)C(COC1OC(CO)C(O)C(O)C1O)NC(=O)CCCCCCCCCCCCCCCCC/C=C\C/C=C\CCCCCCCCCCCOC(=O)CCCCCCC/C=C\CCCCCC. The van der Waals surface area contributed by atoms with Gasteiger partial charge in [-0.3, -0.25) is 9.59 Å². The van der Waals surface area contributed by atoms with E-state index in [1.54, 1.807) is 6.08 Å². The number of hydrogen-bond acceptors (Lipinski definition) is 10. The lowest BCUT2D eigenvalue weighted by atomic mass is 9.99. The number of amides is 1. The molecule has 1 amide bonds. The van der Waals surface area contributed by atoms with E-state index in [-0.39, 0.29) is 18.5 Å². The van der Waals surface area contributed by atoms with Crippen LogP contribution >= 0.6 is 0 Å². The Bertz CT molecular complexity index is 1580. The predicted molar refractivity (Wildman–Crippen MR) is 338 cm³/mol. The Kier molecular flexibility index (Phi) is 55.3. The number of aliphatic hydroxyl groups is 5. The van der Waals surface area contributed by atoms with Crippen molar-refractivity contribution in [3.05, 3.63) is 72.9 Å². The highest BCUT2D eigenvalue weighted by Gasteiger charge is 2.44. The Morgan fingerprint density at radius 2 is 0.889 bits per heavy atom. The van der Waals surface area contributed by atoms with Gasteiger partial charge in [0.25, 0.3) is 0 Å². The fourth-order valence-corrected chi connectivity index (χ4v) is 10.3. The summed E-state index contributed by atoms with van der Waals surface area (Å²) in [4.78, 5) is 25.0. The molecule has 1 rings (SSSR count). The van der Waals surface area contributed by atoms with Crippen LogP contribution in [0.2, 0.25) is 0 Å². The maximum Gasteiger partial charge on any atom is 0.305 e. The third-order valence-corrected chi connectivity index (χ3v) is 15.6. The molecule has 0 saturated carbocycles. The van der Waals surface area contributed by atoms with Gasteiger partial charge in [0.05, 0.1) is 32.0 Å². The van der Waals surface area contributed by atoms with Crippen molar-refractivity contribution in [2.45, 2.75) is 339 Å². The van der Waals surface area contributed by atoms with E-state index in [9.17, 15) is 35.1 Å². The average Bonchev–Trinajstić information content (AvgIpc) is 3.48. The van der Waals surface area contributed by atoms with Crippen molar-refractivity contribution in [1.29, 1.82) is 0 Å². The first-order valence-electron chi connectivity index (χ1n) is 33.7. The van der Waals surface area contributed by atoms with Crippen molar-refractivity contribution in [3.8, 4) is 0 Å². The summed E-state index contributed by atoms with van der Waals surface area (Å²) in [6.07, 6.45) is 69.2. The molecule has 0 aromatic rings. The van der Waals surface area contributed by atoms with Gasteiger partial charge in [-0.25, -0.2) is 0 Å². The van der Waals surface area contributed by atoms with E-state index in [0.717, 1.165) is 70.6 Å². The summed E-state index contributed by atoms with van der Waals surface area (Å²) >= 11 is 0. The van der Waals surface area contributed by atoms with E-state index in [4.69, 9.17) is 14.2 Å². The first-order chi connectivity index (χ1) is 39.7. The first kappa shape index (κ1) is 76.1. The van der Waals surface area contributed by atoms with E-state index in [1.807, 2.05) is 19.1 Å². The molecule has 1 aliphatic rings. The smallest absolute Gasteiger partial charge is 0.305 e. The largest absolute Gasteiger partial charge is 0.466 e. The van der Waals surface area contributed by atoms with E-state index in [1.165, 1.54) is 199 Å². The highest BCUT2D eigenvalue weighted by Crippen LogP contribution is 2.23. The van der Waals surface area contributed by atoms with E-state index in [0.29, 0.717) is 19.4 Å². The summed E-state index contributed by atoms with van der Waals surface area (Å²) in [5.74, 6) is -0.205. The highest BCUT2D eigenvalue weighted by molar-refractivity contribution is 5.76. The molecule has 81 heavy (non-hydrogen) atoms. The molecule has 6 N–H and O–H groups in total. The number of unbranched alkanes of at least 4 members (excludes halogenated alkanes) is 35. The molecule has 0 aromatic carbocycles. The number of ether oxygens (including phenoxy) is 3. The lowest BCUT2D eigenvalue weighted by Crippen LogP contribution is -2.60. The second-order valence-electron chi connectivity index (χ2n) is 23.2. The Morgan fingerprint density at radius 1 is 0.481 bits per heavy atom. The molecule has 11 heteroatoms. The second-order valence-corrected chi connectivity index (χ2v) is 23.2. The van der Waals surface area contributed by atoms with Gasteiger partial charge in [-0.05, 0) is 110 Å². The van der Waals surface area contributed by atoms with Crippen LogP contribution in [0.25, 0.3) is 0 Å². The molecule has 0 aliphatic carbocycles. The van der Waals surface area contributed by atoms with Crippen molar-refractivity contribution < 1.29 is 49.3 Å². The van der Waals surface area contributed by atoms with Crippen LogP contribution in [0.15, 0.2) is 72.9 Å². The second kappa shape index (κ2) is 58.9. The molecule has 470 valence electrons. The predicted octanol–water partition coefficient (Wildman–Crippen LogP) is 16.7. The average molecular weight is 1140 g/mol. The van der Waals surface area contributed by atoms with Gasteiger partial charge >= 0.3 is 5.97 Å². The quantitative estimate of drug-likeness (QED) is 0.0195. The van der Waals surface area contributed by atoms with E-state index >= 15 is 0 Å². The number of esters is 1. The molecule has 1 heterocycles. The molecule has 0 spiro atoms. The lowest BCUT2D eigenvalue weighted by Gasteiger charge is -2.40. The van der Waals surface area contributed by atoms with Gasteiger partial charge in [0.15, 0.2) is 6.29 Å². The summed E-state index contributed by atoms with van der Waals surface area (Å²) in [6.45, 7) is 4.08. The third kappa shape index (κ3) is 48.1. The maximum atomic E-state index is 13.0. The van der Waals surface area contributed by atoms with Gasteiger partial charge in [-0.2, -0.15) is 0 Å². The van der Waals surface area contributed by atoms with Crippen LogP contribution in [0.4, 0.5) is 0 Å². The zero-order valence-electron chi connectivity index (χ0n) is 52.0. The van der Waals surface area contributed by atoms with Crippen LogP contribution in [0.1, 0.15) is 296 Å². The van der Waals surface area contributed by atoms with Crippen molar-refractivity contribution in [3.63, 3.8) is 0 Å². The van der Waals surface area contributed by atoms with E-state index < -0.39 is 49.5 Å². The fraction of sp³-hybridized carbons (Fsp3) is 0.800. The summed E-state index contributed by atoms with van der Waals surface area (Å²) in [5, 5.41) is 54.2. The summed E-state index contributed by atoms with van der Waals surface area (Å²) < 4.78 is 16.7. The summed E-state index contributed by atoms with van der Waals surface area (Å²) in [5.41, 5.74) is 0. The molecule has 0 bridgehead atoms. The van der Waals surface area contributed by atoms with Crippen molar-refractivity contribution in [2.75, 3.05) is 19.8 Å². The topological polar surface area (TPSA) is 175 Å². The lowest BCUT2D eigenvalue weighted by molar-refractivity contribution is -0.302. The zero-order chi connectivity index (χ0) is 58.7. The molecular formula is C70H125NO10. The van der Waals surface area contributed by atoms with Gasteiger partial charge in [0, 0.05) is 12.8 Å². The van der Waals surface area contributed by atoms with Crippen molar-refractivity contribution >= 4 is 11.9 Å². The maximum absolute atomic E-state index is 13.0. The molecule has 7 atom stereocenters. The van der Waals surface area contributed by atoms with Crippen LogP contribution in [0.3, 0.4) is 0 Å². The molecule has 0 radical (unpaired) electrons. The fourth-order valence-electron chi connectivity index (χ4n) is 10.3. The molecule has 0 aromatic heterocycles. The zero-order valence-corrected chi connectivity index (χ0v) is 52.0. The molecule has 11 nitrogen and oxygen atoms in total. The number of nitrogens with one attached hydrogen (secondary N) is 1. The van der Waals surface area contributed by atoms with Crippen LogP contribution < -0.4 is 5.32 Å². The Balaban J connectivity index is 1.94. The monoisotopic (exact) mass is 1140 g/mol. The normalized spacial score (nSPS) is 18.7. The number of rotatable bonds is 58. The van der Waals surface area contributed by atoms with Crippen LogP contribution in [-0.4, -0.2) is 100 Å². The minimum absolute atomic E-state index is 0.00517. The Labute approximate surface area is 496 Å². The van der Waals surface area contributed by atoms with Gasteiger partial charge < -0.3 is 45.1 Å². The minimum Gasteiger partial charge on any atom is -0.466 e. The van der Waals surface area contributed by atoms with Crippen LogP contribution in [0, 0.1) is 0 Å². The van der Waals surface area contributed by atoms with E-state index in [2.05, 4.69) is 66.9 Å².